The quantitative estimate of drug-likeness (QED) is 0.451. The first kappa shape index (κ1) is 13.9. The Bertz CT molecular complexity index is 215. The number of aliphatic hydroxyl groups is 2. The number of rotatable bonds is 8. The van der Waals surface area contributed by atoms with Crippen LogP contribution in [0, 0.1) is 0 Å². The maximum atomic E-state index is 10.2. The standard InChI is InChI=1S/C9H16O6/c10-6(4-5-8(12)13)2-1-3-7(11)9(14)15/h6-7,10-11H,1-5H2,(H,12,13)(H,14,15). The number of carbonyl (C=O) groups is 2. The molecule has 0 aromatic rings. The molecule has 0 heterocycles. The monoisotopic (exact) mass is 220 g/mol. The number of carboxylic acids is 2. The predicted molar refractivity (Wildman–Crippen MR) is 50.4 cm³/mol. The molecule has 0 aliphatic heterocycles. The Balaban J connectivity index is 3.50. The molecule has 15 heavy (non-hydrogen) atoms. The molecule has 0 aromatic heterocycles. The molecule has 2 unspecified atom stereocenters. The Morgan fingerprint density at radius 1 is 1.00 bits per heavy atom. The van der Waals surface area contributed by atoms with Crippen molar-refractivity contribution in [1.29, 1.82) is 0 Å². The summed E-state index contributed by atoms with van der Waals surface area (Å²) in [6.07, 6.45) is -1.38. The lowest BCUT2D eigenvalue weighted by molar-refractivity contribution is -0.147. The molecule has 0 rings (SSSR count). The smallest absolute Gasteiger partial charge is 0.332 e. The van der Waals surface area contributed by atoms with Crippen molar-refractivity contribution in [2.24, 2.45) is 0 Å². The summed E-state index contributed by atoms with van der Waals surface area (Å²) in [6, 6.07) is 0. The van der Waals surface area contributed by atoms with E-state index in [1.54, 1.807) is 0 Å². The van der Waals surface area contributed by atoms with E-state index in [2.05, 4.69) is 0 Å². The zero-order chi connectivity index (χ0) is 11.8. The van der Waals surface area contributed by atoms with Crippen molar-refractivity contribution >= 4 is 11.9 Å². The maximum absolute atomic E-state index is 10.2. The van der Waals surface area contributed by atoms with E-state index in [0.29, 0.717) is 12.8 Å². The van der Waals surface area contributed by atoms with Crippen molar-refractivity contribution < 1.29 is 30.0 Å². The second-order valence-corrected chi connectivity index (χ2v) is 3.37. The molecule has 0 spiro atoms. The van der Waals surface area contributed by atoms with E-state index in [1.807, 2.05) is 0 Å². The van der Waals surface area contributed by atoms with Crippen molar-refractivity contribution in [3.05, 3.63) is 0 Å². The Morgan fingerprint density at radius 2 is 1.60 bits per heavy atom. The molecule has 6 nitrogen and oxygen atoms in total. The van der Waals surface area contributed by atoms with Crippen LogP contribution in [-0.2, 0) is 9.59 Å². The number of hydrogen-bond donors (Lipinski definition) is 4. The second kappa shape index (κ2) is 7.19. The minimum Gasteiger partial charge on any atom is -0.481 e. The zero-order valence-corrected chi connectivity index (χ0v) is 8.30. The van der Waals surface area contributed by atoms with Gasteiger partial charge >= 0.3 is 11.9 Å². The van der Waals surface area contributed by atoms with Gasteiger partial charge < -0.3 is 20.4 Å². The van der Waals surface area contributed by atoms with E-state index in [-0.39, 0.29) is 19.3 Å². The van der Waals surface area contributed by atoms with Crippen LogP contribution in [0.5, 0.6) is 0 Å². The minimum absolute atomic E-state index is 0.0689. The Kier molecular flexibility index (Phi) is 6.64. The van der Waals surface area contributed by atoms with Crippen molar-refractivity contribution in [3.8, 4) is 0 Å². The minimum atomic E-state index is -1.41. The van der Waals surface area contributed by atoms with E-state index in [4.69, 9.17) is 15.3 Å². The Morgan fingerprint density at radius 3 is 2.07 bits per heavy atom. The van der Waals surface area contributed by atoms with Crippen LogP contribution in [-0.4, -0.2) is 44.6 Å². The molecular weight excluding hydrogens is 204 g/mol. The third kappa shape index (κ3) is 7.90. The van der Waals surface area contributed by atoms with Crippen molar-refractivity contribution in [3.63, 3.8) is 0 Å². The van der Waals surface area contributed by atoms with E-state index in [0.717, 1.165) is 0 Å². The first-order valence-electron chi connectivity index (χ1n) is 4.74. The molecule has 0 radical (unpaired) electrons. The summed E-state index contributed by atoms with van der Waals surface area (Å²) in [5, 5.41) is 34.8. The molecule has 0 aromatic carbocycles. The van der Waals surface area contributed by atoms with E-state index >= 15 is 0 Å². The molecule has 2 atom stereocenters. The molecule has 6 heteroatoms. The van der Waals surface area contributed by atoms with Crippen molar-refractivity contribution in [2.75, 3.05) is 0 Å². The molecule has 0 saturated heterocycles. The topological polar surface area (TPSA) is 115 Å². The summed E-state index contributed by atoms with van der Waals surface area (Å²) < 4.78 is 0. The first-order chi connectivity index (χ1) is 6.93. The molecule has 0 bridgehead atoms. The zero-order valence-electron chi connectivity index (χ0n) is 8.30. The number of hydrogen-bond acceptors (Lipinski definition) is 4. The molecule has 0 aliphatic rings. The predicted octanol–water partition coefficient (Wildman–Crippen LogP) is -0.172. The van der Waals surface area contributed by atoms with E-state index < -0.39 is 24.1 Å². The first-order valence-corrected chi connectivity index (χ1v) is 4.74. The van der Waals surface area contributed by atoms with Gasteiger partial charge in [0.15, 0.2) is 6.10 Å². The van der Waals surface area contributed by atoms with Gasteiger partial charge in [0.25, 0.3) is 0 Å². The summed E-state index contributed by atoms with van der Waals surface area (Å²) in [7, 11) is 0. The molecule has 0 amide bonds. The van der Waals surface area contributed by atoms with Gasteiger partial charge in [-0.1, -0.05) is 0 Å². The lowest BCUT2D eigenvalue weighted by Crippen LogP contribution is -2.20. The molecule has 0 fully saturated rings. The number of aliphatic carboxylic acids is 2. The molecule has 0 aliphatic carbocycles. The highest BCUT2D eigenvalue weighted by Gasteiger charge is 2.13. The maximum Gasteiger partial charge on any atom is 0.332 e. The van der Waals surface area contributed by atoms with Crippen LogP contribution >= 0.6 is 0 Å². The Hall–Kier alpha value is -1.14. The summed E-state index contributed by atoms with van der Waals surface area (Å²) >= 11 is 0. The van der Waals surface area contributed by atoms with Gasteiger partial charge in [-0.25, -0.2) is 4.79 Å². The van der Waals surface area contributed by atoms with Crippen LogP contribution in [0.3, 0.4) is 0 Å². The fraction of sp³-hybridized carbons (Fsp3) is 0.778. The highest BCUT2D eigenvalue weighted by atomic mass is 16.4. The summed E-state index contributed by atoms with van der Waals surface area (Å²) in [5.41, 5.74) is 0. The summed E-state index contributed by atoms with van der Waals surface area (Å²) in [4.78, 5) is 20.3. The molecule has 0 saturated carbocycles. The van der Waals surface area contributed by atoms with Gasteiger partial charge in [0, 0.05) is 6.42 Å². The van der Waals surface area contributed by atoms with Gasteiger partial charge in [0.05, 0.1) is 6.10 Å². The van der Waals surface area contributed by atoms with Gasteiger partial charge in [-0.05, 0) is 25.7 Å². The van der Waals surface area contributed by atoms with Crippen molar-refractivity contribution in [2.45, 2.75) is 44.3 Å². The average molecular weight is 220 g/mol. The van der Waals surface area contributed by atoms with Gasteiger partial charge in [-0.15, -0.1) is 0 Å². The van der Waals surface area contributed by atoms with Crippen LogP contribution in [0.4, 0.5) is 0 Å². The number of carboxylic acid groups (broad SMARTS) is 2. The van der Waals surface area contributed by atoms with Gasteiger partial charge in [0.2, 0.25) is 0 Å². The highest BCUT2D eigenvalue weighted by Crippen LogP contribution is 2.08. The fourth-order valence-corrected chi connectivity index (χ4v) is 1.10. The van der Waals surface area contributed by atoms with Crippen molar-refractivity contribution in [1.82, 2.24) is 0 Å². The van der Waals surface area contributed by atoms with E-state index in [1.165, 1.54) is 0 Å². The SMILES string of the molecule is O=C(O)CCC(O)CCCC(O)C(=O)O. The van der Waals surface area contributed by atoms with Crippen LogP contribution in [0.15, 0.2) is 0 Å². The normalized spacial score (nSPS) is 14.5. The highest BCUT2D eigenvalue weighted by molar-refractivity contribution is 5.71. The second-order valence-electron chi connectivity index (χ2n) is 3.37. The molecule has 4 N–H and O–H groups in total. The van der Waals surface area contributed by atoms with E-state index in [9.17, 15) is 14.7 Å². The Labute approximate surface area is 87.2 Å². The largest absolute Gasteiger partial charge is 0.481 e. The van der Waals surface area contributed by atoms with Crippen LogP contribution in [0.2, 0.25) is 0 Å². The average Bonchev–Trinajstić information content (AvgIpc) is 2.14. The lowest BCUT2D eigenvalue weighted by atomic mass is 10.1. The van der Waals surface area contributed by atoms with Crippen LogP contribution in [0.1, 0.15) is 32.1 Å². The molecular formula is C9H16O6. The van der Waals surface area contributed by atoms with Crippen LogP contribution in [0.25, 0.3) is 0 Å². The van der Waals surface area contributed by atoms with Gasteiger partial charge in [-0.3, -0.25) is 4.79 Å². The molecule has 88 valence electrons. The lowest BCUT2D eigenvalue weighted by Gasteiger charge is -2.09. The van der Waals surface area contributed by atoms with Crippen LogP contribution < -0.4 is 0 Å². The fourth-order valence-electron chi connectivity index (χ4n) is 1.10. The van der Waals surface area contributed by atoms with Gasteiger partial charge in [-0.2, -0.15) is 0 Å². The third-order valence-electron chi connectivity index (χ3n) is 1.99. The third-order valence-corrected chi connectivity index (χ3v) is 1.99. The number of aliphatic hydroxyl groups excluding tert-OH is 2. The summed E-state index contributed by atoms with van der Waals surface area (Å²) in [5.74, 6) is -2.25. The summed E-state index contributed by atoms with van der Waals surface area (Å²) in [6.45, 7) is 0. The van der Waals surface area contributed by atoms with Gasteiger partial charge in [0.1, 0.15) is 0 Å².